The smallest absolute Gasteiger partial charge is 0.251 e. The first kappa shape index (κ1) is 19.0. The first-order chi connectivity index (χ1) is 12.4. The second kappa shape index (κ2) is 8.30. The molecule has 0 spiro atoms. The number of nitrogens with one attached hydrogen (secondary N) is 1. The quantitative estimate of drug-likeness (QED) is 0.738. The number of carbonyl (C=O) groups is 1. The number of benzene rings is 2. The molecule has 138 valence electrons. The van der Waals surface area contributed by atoms with Crippen LogP contribution in [0.15, 0.2) is 59.5 Å². The van der Waals surface area contributed by atoms with Gasteiger partial charge in [0.25, 0.3) is 5.91 Å². The third kappa shape index (κ3) is 4.91. The summed E-state index contributed by atoms with van der Waals surface area (Å²) >= 11 is 1.91. The number of amides is 1. The minimum Gasteiger partial charge on any atom is -0.348 e. The number of thioether (sulfide) groups is 1. The highest BCUT2D eigenvalue weighted by atomic mass is 32.2. The van der Waals surface area contributed by atoms with Gasteiger partial charge in [-0.05, 0) is 48.1 Å². The van der Waals surface area contributed by atoms with Crippen molar-refractivity contribution < 1.29 is 4.79 Å². The van der Waals surface area contributed by atoms with Crippen LogP contribution in [0.3, 0.4) is 0 Å². The lowest BCUT2D eigenvalue weighted by molar-refractivity contribution is 0.0929. The maximum atomic E-state index is 12.5. The molecule has 2 atom stereocenters. The monoisotopic (exact) mass is 367 g/mol. The topological polar surface area (TPSA) is 29.1 Å². The molecule has 0 unspecified atom stereocenters. The molecule has 2 aromatic rings. The molecular weight excluding hydrogens is 338 g/mol. The summed E-state index contributed by atoms with van der Waals surface area (Å²) in [6.45, 7) is 6.72. The predicted octanol–water partition coefficient (Wildman–Crippen LogP) is 5.82. The van der Waals surface area contributed by atoms with Crippen molar-refractivity contribution in [2.45, 2.75) is 68.1 Å². The van der Waals surface area contributed by atoms with E-state index >= 15 is 0 Å². The first-order valence-corrected chi connectivity index (χ1v) is 10.4. The lowest BCUT2D eigenvalue weighted by atomic mass is 9.87. The van der Waals surface area contributed by atoms with Crippen LogP contribution < -0.4 is 5.32 Å². The zero-order chi connectivity index (χ0) is 18.6. The molecule has 1 saturated carbocycles. The second-order valence-electron chi connectivity index (χ2n) is 8.16. The van der Waals surface area contributed by atoms with Crippen molar-refractivity contribution in [2.24, 2.45) is 0 Å². The SMILES string of the molecule is CC(C)(C)c1ccc(S[C@H]2CCCC[C@H]2NC(=O)c2ccccc2)cc1. The molecule has 0 aliphatic heterocycles. The Labute approximate surface area is 161 Å². The van der Waals surface area contributed by atoms with Gasteiger partial charge in [0, 0.05) is 21.8 Å². The van der Waals surface area contributed by atoms with E-state index in [0.717, 1.165) is 18.4 Å². The molecule has 1 N–H and O–H groups in total. The fourth-order valence-electron chi connectivity index (χ4n) is 3.45. The molecule has 2 nitrogen and oxygen atoms in total. The third-order valence-electron chi connectivity index (χ3n) is 5.06. The van der Waals surface area contributed by atoms with Gasteiger partial charge >= 0.3 is 0 Å². The summed E-state index contributed by atoms with van der Waals surface area (Å²) < 4.78 is 0. The van der Waals surface area contributed by atoms with Crippen molar-refractivity contribution in [3.05, 3.63) is 65.7 Å². The maximum Gasteiger partial charge on any atom is 0.251 e. The van der Waals surface area contributed by atoms with E-state index in [9.17, 15) is 4.79 Å². The van der Waals surface area contributed by atoms with E-state index in [1.54, 1.807) is 0 Å². The Kier molecular flexibility index (Phi) is 6.08. The standard InChI is InChI=1S/C23H29NOS/c1-23(2,3)18-13-15-19(16-14-18)26-21-12-8-7-11-20(21)24-22(25)17-9-5-4-6-10-17/h4-6,9-10,13-16,20-21H,7-8,11-12H2,1-3H3,(H,24,25)/t20-,21+/m1/s1. The van der Waals surface area contributed by atoms with E-state index in [4.69, 9.17) is 0 Å². The minimum absolute atomic E-state index is 0.0474. The third-order valence-corrected chi connectivity index (χ3v) is 6.47. The fraction of sp³-hybridized carbons (Fsp3) is 0.435. The van der Waals surface area contributed by atoms with Crippen LogP contribution in [0.5, 0.6) is 0 Å². The van der Waals surface area contributed by atoms with Crippen LogP contribution in [-0.2, 0) is 5.41 Å². The predicted molar refractivity (Wildman–Crippen MR) is 111 cm³/mol. The van der Waals surface area contributed by atoms with Crippen LogP contribution in [0.1, 0.15) is 62.4 Å². The van der Waals surface area contributed by atoms with Crippen molar-refractivity contribution in [1.82, 2.24) is 5.32 Å². The molecule has 3 rings (SSSR count). The Morgan fingerprint density at radius 2 is 1.62 bits per heavy atom. The van der Waals surface area contributed by atoms with Gasteiger partial charge in [-0.25, -0.2) is 0 Å². The Balaban J connectivity index is 1.66. The molecule has 0 saturated heterocycles. The van der Waals surface area contributed by atoms with Gasteiger partial charge in [0.2, 0.25) is 0 Å². The largest absolute Gasteiger partial charge is 0.348 e. The van der Waals surface area contributed by atoms with E-state index in [1.165, 1.54) is 23.3 Å². The molecule has 1 aliphatic rings. The van der Waals surface area contributed by atoms with Gasteiger partial charge in [-0.2, -0.15) is 0 Å². The summed E-state index contributed by atoms with van der Waals surface area (Å²) in [4.78, 5) is 13.8. The second-order valence-corrected chi connectivity index (χ2v) is 9.47. The van der Waals surface area contributed by atoms with Gasteiger partial charge in [0.1, 0.15) is 0 Å². The molecule has 1 aliphatic carbocycles. The Hall–Kier alpha value is -1.74. The summed E-state index contributed by atoms with van der Waals surface area (Å²) in [5, 5.41) is 3.72. The molecule has 0 aromatic heterocycles. The molecule has 1 fully saturated rings. The van der Waals surface area contributed by atoms with E-state index in [0.29, 0.717) is 5.25 Å². The number of hydrogen-bond acceptors (Lipinski definition) is 2. The molecule has 2 aromatic carbocycles. The molecule has 3 heteroatoms. The van der Waals surface area contributed by atoms with E-state index < -0.39 is 0 Å². The van der Waals surface area contributed by atoms with Crippen molar-refractivity contribution >= 4 is 17.7 Å². The van der Waals surface area contributed by atoms with Crippen LogP contribution in [0, 0.1) is 0 Å². The van der Waals surface area contributed by atoms with Crippen LogP contribution in [0.2, 0.25) is 0 Å². The molecule has 26 heavy (non-hydrogen) atoms. The van der Waals surface area contributed by atoms with Crippen LogP contribution in [0.25, 0.3) is 0 Å². The van der Waals surface area contributed by atoms with Crippen LogP contribution >= 0.6 is 11.8 Å². The van der Waals surface area contributed by atoms with E-state index in [-0.39, 0.29) is 17.4 Å². The zero-order valence-electron chi connectivity index (χ0n) is 16.0. The van der Waals surface area contributed by atoms with Gasteiger partial charge in [-0.1, -0.05) is 63.9 Å². The maximum absolute atomic E-state index is 12.5. The molecule has 0 heterocycles. The normalized spacial score (nSPS) is 20.6. The highest BCUT2D eigenvalue weighted by Crippen LogP contribution is 2.35. The lowest BCUT2D eigenvalue weighted by Gasteiger charge is -2.32. The fourth-order valence-corrected chi connectivity index (χ4v) is 4.75. The van der Waals surface area contributed by atoms with Crippen LogP contribution in [-0.4, -0.2) is 17.2 Å². The van der Waals surface area contributed by atoms with Gasteiger partial charge in [0.05, 0.1) is 0 Å². The van der Waals surface area contributed by atoms with Gasteiger partial charge in [-0.3, -0.25) is 4.79 Å². The molecule has 0 radical (unpaired) electrons. The Morgan fingerprint density at radius 1 is 0.962 bits per heavy atom. The number of carbonyl (C=O) groups excluding carboxylic acids is 1. The highest BCUT2D eigenvalue weighted by molar-refractivity contribution is 8.00. The van der Waals surface area contributed by atoms with Crippen molar-refractivity contribution in [3.8, 4) is 0 Å². The summed E-state index contributed by atoms with van der Waals surface area (Å²) in [5.74, 6) is 0.0474. The van der Waals surface area contributed by atoms with Crippen molar-refractivity contribution in [2.75, 3.05) is 0 Å². The lowest BCUT2D eigenvalue weighted by Crippen LogP contribution is -2.43. The van der Waals surface area contributed by atoms with Crippen molar-refractivity contribution in [3.63, 3.8) is 0 Å². The average molecular weight is 368 g/mol. The van der Waals surface area contributed by atoms with E-state index in [2.05, 4.69) is 50.4 Å². The molecule has 0 bridgehead atoms. The molecular formula is C23H29NOS. The van der Waals surface area contributed by atoms with E-state index in [1.807, 2.05) is 42.1 Å². The summed E-state index contributed by atoms with van der Waals surface area (Å²) in [7, 11) is 0. The first-order valence-electron chi connectivity index (χ1n) is 9.56. The van der Waals surface area contributed by atoms with Gasteiger partial charge in [0.15, 0.2) is 0 Å². The average Bonchev–Trinajstić information content (AvgIpc) is 2.64. The number of hydrogen-bond donors (Lipinski definition) is 1. The van der Waals surface area contributed by atoms with Gasteiger partial charge in [-0.15, -0.1) is 11.8 Å². The zero-order valence-corrected chi connectivity index (χ0v) is 16.8. The van der Waals surface area contributed by atoms with Crippen molar-refractivity contribution in [1.29, 1.82) is 0 Å². The van der Waals surface area contributed by atoms with Crippen LogP contribution in [0.4, 0.5) is 0 Å². The highest BCUT2D eigenvalue weighted by Gasteiger charge is 2.27. The van der Waals surface area contributed by atoms with Gasteiger partial charge < -0.3 is 5.32 Å². The summed E-state index contributed by atoms with van der Waals surface area (Å²) in [6.07, 6.45) is 4.66. The molecule has 1 amide bonds. The number of rotatable bonds is 4. The summed E-state index contributed by atoms with van der Waals surface area (Å²) in [5.41, 5.74) is 2.29. The summed E-state index contributed by atoms with van der Waals surface area (Å²) in [6, 6.07) is 18.7. The Morgan fingerprint density at radius 3 is 2.27 bits per heavy atom. The Bertz CT molecular complexity index is 718. The minimum atomic E-state index is 0.0474.